The largest absolute Gasteiger partial charge is 0.354 e. The zero-order valence-corrected chi connectivity index (χ0v) is 17.0. The molecule has 2 aromatic carbocycles. The molecule has 1 aromatic heterocycles. The van der Waals surface area contributed by atoms with Crippen LogP contribution in [0.25, 0.3) is 11.1 Å². The van der Waals surface area contributed by atoms with Gasteiger partial charge in [0.2, 0.25) is 0 Å². The van der Waals surface area contributed by atoms with Crippen molar-refractivity contribution < 1.29 is 0 Å². The maximum absolute atomic E-state index is 4.49. The molecule has 0 amide bonds. The lowest BCUT2D eigenvalue weighted by molar-refractivity contribution is 0.251. The van der Waals surface area contributed by atoms with E-state index in [9.17, 15) is 0 Å². The normalized spacial score (nSPS) is 16.6. The zero-order valence-electron chi connectivity index (χ0n) is 17.0. The van der Waals surface area contributed by atoms with Crippen LogP contribution in [0.2, 0.25) is 0 Å². The van der Waals surface area contributed by atoms with Crippen molar-refractivity contribution in [3.05, 3.63) is 84.1 Å². The molecule has 0 atom stereocenters. The number of aromatic nitrogens is 1. The van der Waals surface area contributed by atoms with Crippen LogP contribution in [0.15, 0.2) is 72.9 Å². The van der Waals surface area contributed by atoms with Gasteiger partial charge in [0.15, 0.2) is 0 Å². The summed E-state index contributed by atoms with van der Waals surface area (Å²) in [4.78, 5) is 9.52. The van der Waals surface area contributed by atoms with E-state index in [1.54, 1.807) is 0 Å². The van der Waals surface area contributed by atoms with Crippen molar-refractivity contribution in [2.45, 2.75) is 25.2 Å². The lowest BCUT2D eigenvalue weighted by Crippen LogP contribution is -2.46. The van der Waals surface area contributed by atoms with Crippen molar-refractivity contribution in [2.75, 3.05) is 37.6 Å². The summed E-state index contributed by atoms with van der Waals surface area (Å²) in [5.74, 6) is 1.69. The van der Waals surface area contributed by atoms with Crippen LogP contribution in [-0.2, 0) is 0 Å². The van der Waals surface area contributed by atoms with E-state index in [1.807, 2.05) is 12.3 Å². The van der Waals surface area contributed by atoms with Crippen LogP contribution >= 0.6 is 0 Å². The topological polar surface area (TPSA) is 19.4 Å². The summed E-state index contributed by atoms with van der Waals surface area (Å²) >= 11 is 0. The summed E-state index contributed by atoms with van der Waals surface area (Å²) in [5.41, 5.74) is 5.94. The fourth-order valence-electron chi connectivity index (χ4n) is 5.00. The van der Waals surface area contributed by atoms with E-state index in [4.69, 9.17) is 0 Å². The Kier molecular flexibility index (Phi) is 5.31. The third-order valence-electron chi connectivity index (χ3n) is 6.53. The first-order chi connectivity index (χ1) is 14.4. The molecule has 1 fully saturated rings. The predicted molar refractivity (Wildman–Crippen MR) is 120 cm³/mol. The molecule has 3 nitrogen and oxygen atoms in total. The van der Waals surface area contributed by atoms with Gasteiger partial charge in [-0.05, 0) is 53.8 Å². The maximum Gasteiger partial charge on any atom is 0.128 e. The van der Waals surface area contributed by atoms with E-state index in [0.29, 0.717) is 5.92 Å². The molecule has 1 aliphatic carbocycles. The highest BCUT2D eigenvalue weighted by Gasteiger charge is 2.27. The van der Waals surface area contributed by atoms with Crippen LogP contribution in [0.4, 0.5) is 5.82 Å². The van der Waals surface area contributed by atoms with Crippen molar-refractivity contribution in [3.8, 4) is 11.1 Å². The van der Waals surface area contributed by atoms with Gasteiger partial charge in [-0.3, -0.25) is 4.90 Å². The standard InChI is InChI=1S/C26H29N3/c1-3-11-23-21(9-1)22-10-2-4-12-24(22)25(23)13-6-8-16-28-17-19-29(20-18-28)26-14-5-7-15-27-26/h1-5,7,9-12,14-15,25H,6,8,13,16-20H2. The van der Waals surface area contributed by atoms with Gasteiger partial charge in [0, 0.05) is 38.3 Å². The van der Waals surface area contributed by atoms with Crippen LogP contribution in [0.3, 0.4) is 0 Å². The minimum Gasteiger partial charge on any atom is -0.354 e. The highest BCUT2D eigenvalue weighted by Crippen LogP contribution is 2.46. The molecule has 0 radical (unpaired) electrons. The van der Waals surface area contributed by atoms with E-state index in [-0.39, 0.29) is 0 Å². The summed E-state index contributed by atoms with van der Waals surface area (Å²) in [6, 6.07) is 24.1. The molecule has 0 N–H and O–H groups in total. The molecule has 3 aromatic rings. The van der Waals surface area contributed by atoms with E-state index in [2.05, 4.69) is 75.4 Å². The molecule has 0 bridgehead atoms. The average molecular weight is 384 g/mol. The fourth-order valence-corrected chi connectivity index (χ4v) is 5.00. The van der Waals surface area contributed by atoms with Crippen LogP contribution in [-0.4, -0.2) is 42.6 Å². The molecule has 148 valence electrons. The number of benzene rings is 2. The fraction of sp³-hybridized carbons (Fsp3) is 0.346. The van der Waals surface area contributed by atoms with Gasteiger partial charge in [-0.2, -0.15) is 0 Å². The van der Waals surface area contributed by atoms with Crippen molar-refractivity contribution in [2.24, 2.45) is 0 Å². The van der Waals surface area contributed by atoms with Gasteiger partial charge < -0.3 is 4.90 Å². The minimum absolute atomic E-state index is 0.573. The second-order valence-corrected chi connectivity index (χ2v) is 8.24. The van der Waals surface area contributed by atoms with Crippen molar-refractivity contribution in [1.29, 1.82) is 0 Å². The molecule has 1 saturated heterocycles. The van der Waals surface area contributed by atoms with Crippen LogP contribution in [0.5, 0.6) is 0 Å². The summed E-state index contributed by atoms with van der Waals surface area (Å²) in [6.45, 7) is 5.67. The average Bonchev–Trinajstić information content (AvgIpc) is 3.12. The number of rotatable bonds is 6. The molecule has 0 spiro atoms. The van der Waals surface area contributed by atoms with E-state index in [1.165, 1.54) is 48.1 Å². The molecule has 3 heteroatoms. The Morgan fingerprint density at radius 2 is 1.38 bits per heavy atom. The molecular weight excluding hydrogens is 354 g/mol. The van der Waals surface area contributed by atoms with E-state index < -0.39 is 0 Å². The number of unbranched alkanes of at least 4 members (excludes halogenated alkanes) is 1. The van der Waals surface area contributed by atoms with Crippen molar-refractivity contribution >= 4 is 5.82 Å². The number of fused-ring (bicyclic) bond motifs is 3. The first-order valence-electron chi connectivity index (χ1n) is 11.0. The second-order valence-electron chi connectivity index (χ2n) is 8.24. The number of anilines is 1. The summed E-state index contributed by atoms with van der Waals surface area (Å²) in [5, 5.41) is 0. The maximum atomic E-state index is 4.49. The molecule has 5 rings (SSSR count). The highest BCUT2D eigenvalue weighted by molar-refractivity contribution is 5.78. The Balaban J connectivity index is 1.12. The quantitative estimate of drug-likeness (QED) is 0.546. The second kappa shape index (κ2) is 8.38. The van der Waals surface area contributed by atoms with Crippen LogP contribution < -0.4 is 4.90 Å². The third-order valence-corrected chi connectivity index (χ3v) is 6.53. The van der Waals surface area contributed by atoms with Crippen molar-refractivity contribution in [1.82, 2.24) is 9.88 Å². The van der Waals surface area contributed by atoms with Gasteiger partial charge in [-0.25, -0.2) is 4.98 Å². The first kappa shape index (κ1) is 18.4. The predicted octanol–water partition coefficient (Wildman–Crippen LogP) is 5.19. The Hall–Kier alpha value is -2.65. The minimum atomic E-state index is 0.573. The lowest BCUT2D eigenvalue weighted by Gasteiger charge is -2.35. The van der Waals surface area contributed by atoms with E-state index in [0.717, 1.165) is 32.0 Å². The van der Waals surface area contributed by atoms with Gasteiger partial charge in [-0.1, -0.05) is 61.0 Å². The third kappa shape index (κ3) is 3.79. The summed E-state index contributed by atoms with van der Waals surface area (Å²) in [7, 11) is 0. The van der Waals surface area contributed by atoms with Gasteiger partial charge in [0.1, 0.15) is 5.82 Å². The SMILES string of the molecule is c1ccc(N2CCN(CCCCC3c4ccccc4-c4ccccc43)CC2)nc1. The molecule has 1 aliphatic heterocycles. The zero-order chi connectivity index (χ0) is 19.5. The molecule has 0 unspecified atom stereocenters. The van der Waals surface area contributed by atoms with Crippen LogP contribution in [0, 0.1) is 0 Å². The first-order valence-corrected chi connectivity index (χ1v) is 11.0. The van der Waals surface area contributed by atoms with Gasteiger partial charge in [0.05, 0.1) is 0 Å². The number of pyridine rings is 1. The Bertz CT molecular complexity index is 899. The summed E-state index contributed by atoms with van der Waals surface area (Å²) in [6.07, 6.45) is 5.71. The number of nitrogens with zero attached hydrogens (tertiary/aromatic N) is 3. The highest BCUT2D eigenvalue weighted by atomic mass is 15.3. The molecular formula is C26H29N3. The van der Waals surface area contributed by atoms with Crippen LogP contribution in [0.1, 0.15) is 36.3 Å². The van der Waals surface area contributed by atoms with Gasteiger partial charge in [-0.15, -0.1) is 0 Å². The number of hydrogen-bond acceptors (Lipinski definition) is 3. The molecule has 0 saturated carbocycles. The molecule has 2 heterocycles. The Morgan fingerprint density at radius 1 is 0.724 bits per heavy atom. The Morgan fingerprint density at radius 3 is 2.03 bits per heavy atom. The molecule has 29 heavy (non-hydrogen) atoms. The van der Waals surface area contributed by atoms with Crippen molar-refractivity contribution in [3.63, 3.8) is 0 Å². The Labute approximate surface area is 174 Å². The van der Waals surface area contributed by atoms with Gasteiger partial charge in [0.25, 0.3) is 0 Å². The lowest BCUT2D eigenvalue weighted by atomic mass is 9.91. The summed E-state index contributed by atoms with van der Waals surface area (Å²) < 4.78 is 0. The monoisotopic (exact) mass is 383 g/mol. The number of piperazine rings is 1. The van der Waals surface area contributed by atoms with Gasteiger partial charge >= 0.3 is 0 Å². The molecule has 2 aliphatic rings. The van der Waals surface area contributed by atoms with E-state index >= 15 is 0 Å². The smallest absolute Gasteiger partial charge is 0.128 e. The number of hydrogen-bond donors (Lipinski definition) is 0.